The molecule has 2 atom stereocenters. The fourth-order valence-corrected chi connectivity index (χ4v) is 2.60. The molecular weight excluding hydrogens is 236 g/mol. The fraction of sp³-hybridized carbons (Fsp3) is 0.400. The summed E-state index contributed by atoms with van der Waals surface area (Å²) in [4.78, 5) is 4.47. The molecule has 1 aromatic carbocycles. The number of hydrogen-bond donors (Lipinski definition) is 2. The third-order valence-electron chi connectivity index (χ3n) is 3.62. The van der Waals surface area contributed by atoms with E-state index >= 15 is 0 Å². The topological polar surface area (TPSA) is 55.9 Å². The Morgan fingerprint density at radius 2 is 2.00 bits per heavy atom. The van der Waals surface area contributed by atoms with E-state index in [1.807, 2.05) is 18.5 Å². The van der Waals surface area contributed by atoms with Gasteiger partial charge in [0, 0.05) is 24.9 Å². The molecule has 0 spiro atoms. The number of rotatable bonds is 6. The lowest BCUT2D eigenvalue weighted by Crippen LogP contribution is -2.34. The van der Waals surface area contributed by atoms with Crippen molar-refractivity contribution in [2.24, 2.45) is 5.84 Å². The number of benzene rings is 1. The van der Waals surface area contributed by atoms with E-state index in [-0.39, 0.29) is 6.04 Å². The van der Waals surface area contributed by atoms with Crippen LogP contribution in [-0.4, -0.2) is 9.55 Å². The molecule has 1 aromatic heterocycles. The summed E-state index contributed by atoms with van der Waals surface area (Å²) in [6.07, 6.45) is 4.84. The summed E-state index contributed by atoms with van der Waals surface area (Å²) in [6.45, 7) is 5.20. The van der Waals surface area contributed by atoms with Crippen molar-refractivity contribution < 1.29 is 0 Å². The maximum atomic E-state index is 5.80. The second-order valence-electron chi connectivity index (χ2n) is 4.64. The van der Waals surface area contributed by atoms with Crippen LogP contribution in [0.2, 0.25) is 0 Å². The second kappa shape index (κ2) is 6.50. The third kappa shape index (κ3) is 2.85. The number of nitrogens with two attached hydrogens (primary N) is 1. The number of imidazole rings is 1. The first-order chi connectivity index (χ1) is 9.31. The number of nitrogens with zero attached hydrogens (tertiary/aromatic N) is 2. The van der Waals surface area contributed by atoms with E-state index in [0.717, 1.165) is 18.8 Å². The number of aryl methyl sites for hydroxylation is 1. The minimum absolute atomic E-state index is 0.0300. The maximum Gasteiger partial charge on any atom is 0.127 e. The first-order valence-corrected chi connectivity index (χ1v) is 6.83. The number of aromatic nitrogens is 2. The van der Waals surface area contributed by atoms with Crippen molar-refractivity contribution in [2.75, 3.05) is 0 Å². The van der Waals surface area contributed by atoms with E-state index in [1.165, 1.54) is 5.56 Å². The van der Waals surface area contributed by atoms with Crippen molar-refractivity contribution in [3.05, 3.63) is 54.1 Å². The lowest BCUT2D eigenvalue weighted by Gasteiger charge is -2.26. The highest BCUT2D eigenvalue weighted by Gasteiger charge is 2.25. The highest BCUT2D eigenvalue weighted by Crippen LogP contribution is 2.32. The summed E-state index contributed by atoms with van der Waals surface area (Å²) in [5.74, 6) is 7.12. The minimum atomic E-state index is 0.0300. The Morgan fingerprint density at radius 1 is 1.26 bits per heavy atom. The molecule has 0 fully saturated rings. The second-order valence-corrected chi connectivity index (χ2v) is 4.64. The average molecular weight is 258 g/mol. The standard InChI is InChI=1S/C15H22N4/c1-3-13(12-8-6-5-7-9-12)14(18-16)15-17-10-11-19(15)4-2/h5-11,13-14,18H,3-4,16H2,1-2H3. The molecule has 3 N–H and O–H groups in total. The number of nitrogens with one attached hydrogen (secondary N) is 1. The predicted molar refractivity (Wildman–Crippen MR) is 77.4 cm³/mol. The third-order valence-corrected chi connectivity index (χ3v) is 3.62. The Labute approximate surface area is 114 Å². The van der Waals surface area contributed by atoms with Gasteiger partial charge in [-0.25, -0.2) is 10.4 Å². The van der Waals surface area contributed by atoms with Gasteiger partial charge in [0.1, 0.15) is 5.82 Å². The maximum absolute atomic E-state index is 5.80. The fourth-order valence-electron chi connectivity index (χ4n) is 2.60. The molecule has 0 saturated carbocycles. The molecule has 0 aliphatic heterocycles. The van der Waals surface area contributed by atoms with Gasteiger partial charge in [0.2, 0.25) is 0 Å². The van der Waals surface area contributed by atoms with E-state index in [2.05, 4.69) is 53.1 Å². The first-order valence-electron chi connectivity index (χ1n) is 6.83. The van der Waals surface area contributed by atoms with Gasteiger partial charge in [-0.05, 0) is 18.9 Å². The molecule has 19 heavy (non-hydrogen) atoms. The van der Waals surface area contributed by atoms with Gasteiger partial charge in [0.25, 0.3) is 0 Å². The first kappa shape index (κ1) is 13.8. The van der Waals surface area contributed by atoms with Gasteiger partial charge in [-0.3, -0.25) is 5.84 Å². The quantitative estimate of drug-likeness (QED) is 0.618. The van der Waals surface area contributed by atoms with Crippen molar-refractivity contribution in [2.45, 2.75) is 38.8 Å². The highest BCUT2D eigenvalue weighted by atomic mass is 15.3. The lowest BCUT2D eigenvalue weighted by atomic mass is 9.89. The average Bonchev–Trinajstić information content (AvgIpc) is 2.93. The zero-order valence-electron chi connectivity index (χ0n) is 11.6. The molecule has 0 aliphatic carbocycles. The molecule has 0 amide bonds. The van der Waals surface area contributed by atoms with E-state index in [0.29, 0.717) is 5.92 Å². The molecule has 2 unspecified atom stereocenters. The Kier molecular flexibility index (Phi) is 4.71. The molecule has 0 saturated heterocycles. The summed E-state index contributed by atoms with van der Waals surface area (Å²) >= 11 is 0. The number of hydrazine groups is 1. The van der Waals surface area contributed by atoms with Gasteiger partial charge in [0.15, 0.2) is 0 Å². The zero-order chi connectivity index (χ0) is 13.7. The Hall–Kier alpha value is -1.65. The summed E-state index contributed by atoms with van der Waals surface area (Å²) in [7, 11) is 0. The molecule has 1 heterocycles. The van der Waals surface area contributed by atoms with Gasteiger partial charge in [0.05, 0.1) is 6.04 Å². The Morgan fingerprint density at radius 3 is 2.58 bits per heavy atom. The van der Waals surface area contributed by atoms with Crippen molar-refractivity contribution >= 4 is 0 Å². The molecule has 4 nitrogen and oxygen atoms in total. The van der Waals surface area contributed by atoms with Crippen LogP contribution in [0.5, 0.6) is 0 Å². The minimum Gasteiger partial charge on any atom is -0.334 e. The molecule has 4 heteroatoms. The van der Waals surface area contributed by atoms with Crippen LogP contribution in [-0.2, 0) is 6.54 Å². The smallest absolute Gasteiger partial charge is 0.127 e. The van der Waals surface area contributed by atoms with Crippen molar-refractivity contribution in [1.29, 1.82) is 0 Å². The summed E-state index contributed by atoms with van der Waals surface area (Å²) < 4.78 is 2.14. The molecule has 0 aliphatic rings. The predicted octanol–water partition coefficient (Wildman–Crippen LogP) is 2.60. The van der Waals surface area contributed by atoms with Crippen LogP contribution >= 0.6 is 0 Å². The lowest BCUT2D eigenvalue weighted by molar-refractivity contribution is 0.411. The van der Waals surface area contributed by atoms with E-state index in [9.17, 15) is 0 Å². The van der Waals surface area contributed by atoms with Gasteiger partial charge in [-0.15, -0.1) is 0 Å². The molecule has 0 bridgehead atoms. The number of hydrogen-bond acceptors (Lipinski definition) is 3. The van der Waals surface area contributed by atoms with Gasteiger partial charge >= 0.3 is 0 Å². The van der Waals surface area contributed by atoms with Gasteiger partial charge in [-0.2, -0.15) is 0 Å². The normalized spacial score (nSPS) is 14.3. The Balaban J connectivity index is 2.34. The molecule has 2 aromatic rings. The molecule has 0 radical (unpaired) electrons. The zero-order valence-corrected chi connectivity index (χ0v) is 11.6. The Bertz CT molecular complexity index is 492. The van der Waals surface area contributed by atoms with Gasteiger partial charge < -0.3 is 4.57 Å². The van der Waals surface area contributed by atoms with Crippen LogP contribution in [0, 0.1) is 0 Å². The van der Waals surface area contributed by atoms with Crippen LogP contribution in [0.4, 0.5) is 0 Å². The van der Waals surface area contributed by atoms with Crippen molar-refractivity contribution in [3.63, 3.8) is 0 Å². The molecule has 2 rings (SSSR count). The van der Waals surface area contributed by atoms with E-state index < -0.39 is 0 Å². The highest BCUT2D eigenvalue weighted by molar-refractivity contribution is 5.23. The van der Waals surface area contributed by atoms with Crippen LogP contribution < -0.4 is 11.3 Å². The van der Waals surface area contributed by atoms with E-state index in [4.69, 9.17) is 5.84 Å². The summed E-state index contributed by atoms with van der Waals surface area (Å²) in [6, 6.07) is 10.5. The van der Waals surface area contributed by atoms with Crippen LogP contribution in [0.25, 0.3) is 0 Å². The summed E-state index contributed by atoms with van der Waals surface area (Å²) in [5.41, 5.74) is 4.24. The van der Waals surface area contributed by atoms with Crippen molar-refractivity contribution in [1.82, 2.24) is 15.0 Å². The summed E-state index contributed by atoms with van der Waals surface area (Å²) in [5, 5.41) is 0. The van der Waals surface area contributed by atoms with Gasteiger partial charge in [-0.1, -0.05) is 37.3 Å². The van der Waals surface area contributed by atoms with E-state index in [1.54, 1.807) is 0 Å². The molecule has 102 valence electrons. The van der Waals surface area contributed by atoms with Crippen LogP contribution in [0.15, 0.2) is 42.7 Å². The largest absolute Gasteiger partial charge is 0.334 e. The molecular formula is C15H22N4. The monoisotopic (exact) mass is 258 g/mol. The SMILES string of the molecule is CCC(c1ccccc1)C(NN)c1nccn1CC. The van der Waals surface area contributed by atoms with Crippen LogP contribution in [0.3, 0.4) is 0 Å². The van der Waals surface area contributed by atoms with Crippen molar-refractivity contribution in [3.8, 4) is 0 Å². The van der Waals surface area contributed by atoms with Crippen LogP contribution in [0.1, 0.15) is 43.6 Å².